The molecule has 0 fully saturated rings. The molecular formula is C53H31N7. The van der Waals surface area contributed by atoms with E-state index in [1.807, 2.05) is 97.1 Å². The maximum atomic E-state index is 10.2. The molecule has 0 saturated heterocycles. The van der Waals surface area contributed by atoms with Gasteiger partial charge in [-0.05, 0) is 71.8 Å². The molecule has 0 atom stereocenters. The molecule has 7 nitrogen and oxygen atoms in total. The molecule has 0 radical (unpaired) electrons. The lowest BCUT2D eigenvalue weighted by Gasteiger charge is -2.18. The molecule has 0 spiro atoms. The van der Waals surface area contributed by atoms with Crippen LogP contribution in [0.15, 0.2) is 188 Å². The first kappa shape index (κ1) is 34.6. The third kappa shape index (κ3) is 5.54. The van der Waals surface area contributed by atoms with E-state index in [9.17, 15) is 10.5 Å². The van der Waals surface area contributed by atoms with Crippen LogP contribution in [-0.2, 0) is 0 Å². The van der Waals surface area contributed by atoms with Gasteiger partial charge in [0.2, 0.25) is 0 Å². The number of nitrogens with zero attached hydrogens (tertiary/aromatic N) is 7. The molecule has 0 N–H and O–H groups in total. The van der Waals surface area contributed by atoms with Gasteiger partial charge >= 0.3 is 0 Å². The summed E-state index contributed by atoms with van der Waals surface area (Å²) >= 11 is 0. The monoisotopic (exact) mass is 765 g/mol. The molecule has 60 heavy (non-hydrogen) atoms. The third-order valence-electron chi connectivity index (χ3n) is 11.3. The van der Waals surface area contributed by atoms with Gasteiger partial charge in [0.25, 0.3) is 0 Å². The number of para-hydroxylation sites is 4. The summed E-state index contributed by atoms with van der Waals surface area (Å²) in [5.41, 5.74) is 10.9. The van der Waals surface area contributed by atoms with Gasteiger partial charge in [0.1, 0.15) is 0 Å². The average molecular weight is 766 g/mol. The van der Waals surface area contributed by atoms with E-state index >= 15 is 0 Å². The van der Waals surface area contributed by atoms with Crippen molar-refractivity contribution in [3.05, 3.63) is 199 Å². The van der Waals surface area contributed by atoms with E-state index in [-0.39, 0.29) is 0 Å². The van der Waals surface area contributed by atoms with Gasteiger partial charge in [-0.3, -0.25) is 0 Å². The normalized spacial score (nSPS) is 11.3. The first-order valence-electron chi connectivity index (χ1n) is 19.7. The third-order valence-corrected chi connectivity index (χ3v) is 11.3. The van der Waals surface area contributed by atoms with E-state index in [4.69, 9.17) is 15.0 Å². The summed E-state index contributed by atoms with van der Waals surface area (Å²) in [5.74, 6) is 1.42. The number of fused-ring (bicyclic) bond motifs is 6. The molecule has 0 aliphatic heterocycles. The zero-order valence-electron chi connectivity index (χ0n) is 32.0. The van der Waals surface area contributed by atoms with Crippen molar-refractivity contribution in [2.24, 2.45) is 0 Å². The maximum Gasteiger partial charge on any atom is 0.166 e. The second-order valence-corrected chi connectivity index (χ2v) is 14.6. The Morgan fingerprint density at radius 1 is 0.350 bits per heavy atom. The van der Waals surface area contributed by atoms with Crippen LogP contribution in [0.2, 0.25) is 0 Å². The molecule has 278 valence electrons. The highest BCUT2D eigenvalue weighted by molar-refractivity contribution is 6.11. The first-order chi connectivity index (χ1) is 29.7. The lowest BCUT2D eigenvalue weighted by molar-refractivity contribution is 1.06. The van der Waals surface area contributed by atoms with Gasteiger partial charge in [0, 0.05) is 38.2 Å². The van der Waals surface area contributed by atoms with Crippen molar-refractivity contribution in [1.29, 1.82) is 10.5 Å². The summed E-state index contributed by atoms with van der Waals surface area (Å²) in [6.45, 7) is 0. The molecule has 0 bridgehead atoms. The van der Waals surface area contributed by atoms with Crippen molar-refractivity contribution in [2.45, 2.75) is 0 Å². The molecule has 0 saturated carbocycles. The minimum absolute atomic E-state index is 0.455. The molecule has 0 aliphatic rings. The minimum atomic E-state index is 0.455. The van der Waals surface area contributed by atoms with E-state index in [1.54, 1.807) is 0 Å². The van der Waals surface area contributed by atoms with Crippen molar-refractivity contribution in [2.75, 3.05) is 0 Å². The van der Waals surface area contributed by atoms with Crippen LogP contribution in [0.25, 0.3) is 100 Å². The van der Waals surface area contributed by atoms with Crippen molar-refractivity contribution >= 4 is 43.6 Å². The van der Waals surface area contributed by atoms with Crippen LogP contribution in [-0.4, -0.2) is 24.1 Å². The van der Waals surface area contributed by atoms with Crippen molar-refractivity contribution in [3.63, 3.8) is 0 Å². The van der Waals surface area contributed by atoms with E-state index in [1.165, 1.54) is 0 Å². The lowest BCUT2D eigenvalue weighted by atomic mass is 9.97. The van der Waals surface area contributed by atoms with E-state index in [0.29, 0.717) is 28.6 Å². The minimum Gasteiger partial charge on any atom is -0.309 e. The Balaban J connectivity index is 1.24. The quantitative estimate of drug-likeness (QED) is 0.168. The summed E-state index contributed by atoms with van der Waals surface area (Å²) in [6, 6.07) is 67.8. The second-order valence-electron chi connectivity index (χ2n) is 14.6. The van der Waals surface area contributed by atoms with Gasteiger partial charge in [0.05, 0.1) is 56.7 Å². The number of rotatable bonds is 6. The Hall–Kier alpha value is -8.65. The van der Waals surface area contributed by atoms with Crippen molar-refractivity contribution in [1.82, 2.24) is 24.1 Å². The second kappa shape index (κ2) is 14.1. The zero-order chi connectivity index (χ0) is 40.2. The Bertz CT molecular complexity index is 3480. The number of hydrogen-bond donors (Lipinski definition) is 0. The molecule has 0 amide bonds. The van der Waals surface area contributed by atoms with Crippen molar-refractivity contribution < 1.29 is 0 Å². The first-order valence-corrected chi connectivity index (χ1v) is 19.7. The van der Waals surface area contributed by atoms with E-state index < -0.39 is 0 Å². The average Bonchev–Trinajstić information content (AvgIpc) is 3.84. The maximum absolute atomic E-state index is 10.2. The highest BCUT2D eigenvalue weighted by Gasteiger charge is 2.23. The number of hydrogen-bond acceptors (Lipinski definition) is 5. The molecular weight excluding hydrogens is 735 g/mol. The van der Waals surface area contributed by atoms with Crippen LogP contribution in [0, 0.1) is 22.7 Å². The molecule has 0 aliphatic carbocycles. The Labute approximate surface area is 345 Å². The van der Waals surface area contributed by atoms with Crippen molar-refractivity contribution in [3.8, 4) is 68.8 Å². The predicted molar refractivity (Wildman–Crippen MR) is 240 cm³/mol. The van der Waals surface area contributed by atoms with Crippen LogP contribution in [0.5, 0.6) is 0 Å². The summed E-state index contributed by atoms with van der Waals surface area (Å²) in [7, 11) is 0. The summed E-state index contributed by atoms with van der Waals surface area (Å²) < 4.78 is 4.48. The standard InChI is InChI=1S/C53H31N7/c54-32-34-26-28-43(50(30-34)60-47-24-12-8-20-41(47)42-21-9-13-25-48(42)60)52-56-51(35-14-2-1-3-15-35)57-53(58-52)44-31-36(38-17-5-4-16-37(38)33-55)27-29-49(44)59-45-22-10-6-18-39(45)40-19-7-11-23-46(40)59/h1-31H. The Morgan fingerprint density at radius 2 is 0.850 bits per heavy atom. The van der Waals surface area contributed by atoms with Crippen LogP contribution in [0.1, 0.15) is 11.1 Å². The number of benzene rings is 8. The molecule has 11 aromatic rings. The molecule has 7 heteroatoms. The van der Waals surface area contributed by atoms with Gasteiger partial charge in [-0.2, -0.15) is 10.5 Å². The fraction of sp³-hybridized carbons (Fsp3) is 0. The predicted octanol–water partition coefficient (Wildman–Crippen LogP) is 12.5. The highest BCUT2D eigenvalue weighted by atomic mass is 15.1. The van der Waals surface area contributed by atoms with Crippen LogP contribution >= 0.6 is 0 Å². The number of aromatic nitrogens is 5. The van der Waals surface area contributed by atoms with Crippen LogP contribution in [0.4, 0.5) is 0 Å². The highest BCUT2D eigenvalue weighted by Crippen LogP contribution is 2.40. The van der Waals surface area contributed by atoms with Gasteiger partial charge in [-0.25, -0.2) is 15.0 Å². The smallest absolute Gasteiger partial charge is 0.166 e. The van der Waals surface area contributed by atoms with Gasteiger partial charge in [-0.15, -0.1) is 0 Å². The molecule has 3 heterocycles. The zero-order valence-corrected chi connectivity index (χ0v) is 32.0. The fourth-order valence-electron chi connectivity index (χ4n) is 8.58. The molecule has 8 aromatic carbocycles. The van der Waals surface area contributed by atoms with E-state index in [0.717, 1.165) is 82.8 Å². The largest absolute Gasteiger partial charge is 0.309 e. The van der Waals surface area contributed by atoms with Gasteiger partial charge in [0.15, 0.2) is 17.5 Å². The van der Waals surface area contributed by atoms with Crippen LogP contribution in [0.3, 0.4) is 0 Å². The van der Waals surface area contributed by atoms with Crippen LogP contribution < -0.4 is 0 Å². The summed E-state index contributed by atoms with van der Waals surface area (Å²) in [5, 5.41) is 24.9. The molecule has 11 rings (SSSR count). The molecule has 0 unspecified atom stereocenters. The lowest BCUT2D eigenvalue weighted by Crippen LogP contribution is -2.06. The van der Waals surface area contributed by atoms with Gasteiger partial charge in [-0.1, -0.05) is 127 Å². The Morgan fingerprint density at radius 3 is 1.43 bits per heavy atom. The summed E-state index contributed by atoms with van der Waals surface area (Å²) in [4.78, 5) is 15.9. The molecule has 3 aromatic heterocycles. The Kier molecular flexibility index (Phi) is 8.11. The topological polar surface area (TPSA) is 96.1 Å². The van der Waals surface area contributed by atoms with E-state index in [2.05, 4.69) is 112 Å². The fourth-order valence-corrected chi connectivity index (χ4v) is 8.58. The SMILES string of the molecule is N#Cc1ccc(-c2nc(-c3ccccc3)nc(-c3cc(-c4ccccc4C#N)ccc3-n3c4ccccc4c4ccccc43)n2)c(-n2c3ccccc3c3ccccc32)c1. The van der Waals surface area contributed by atoms with Gasteiger partial charge < -0.3 is 9.13 Å². The summed E-state index contributed by atoms with van der Waals surface area (Å²) in [6.07, 6.45) is 0. The number of nitriles is 2.